The average Bonchev–Trinajstić information content (AvgIpc) is 2.40. The van der Waals surface area contributed by atoms with Crippen molar-refractivity contribution in [3.05, 3.63) is 34.4 Å². The molecule has 0 amide bonds. The fourth-order valence-corrected chi connectivity index (χ4v) is 3.23. The smallest absolute Gasteiger partial charge is 0.323 e. The highest BCUT2D eigenvalue weighted by Gasteiger charge is 2.25. The van der Waals surface area contributed by atoms with Crippen molar-refractivity contribution in [1.29, 1.82) is 0 Å². The molecule has 1 aromatic carbocycles. The summed E-state index contributed by atoms with van der Waals surface area (Å²) in [6, 6.07) is 3.97. The van der Waals surface area contributed by atoms with Crippen LogP contribution in [0.5, 0.6) is 0 Å². The number of hydrogen-bond acceptors (Lipinski definition) is 3. The summed E-state index contributed by atoms with van der Waals surface area (Å²) in [5.41, 5.74) is 3.99. The maximum Gasteiger partial charge on any atom is 0.359 e. The van der Waals surface area contributed by atoms with Crippen LogP contribution in [-0.2, 0) is 20.3 Å². The largest absolute Gasteiger partial charge is 0.359 e. The molecular weight excluding hydrogens is 275 g/mol. The van der Waals surface area contributed by atoms with Gasteiger partial charge in [0.2, 0.25) is 0 Å². The molecule has 20 heavy (non-hydrogen) atoms. The first-order valence-electron chi connectivity index (χ1n) is 7.03. The molecule has 1 rings (SSSR count). The summed E-state index contributed by atoms with van der Waals surface area (Å²) >= 11 is 0. The highest BCUT2D eigenvalue weighted by Crippen LogP contribution is 2.47. The summed E-state index contributed by atoms with van der Waals surface area (Å²) in [7, 11) is -3.79. The Kier molecular flexibility index (Phi) is 6.41. The van der Waals surface area contributed by atoms with Gasteiger partial charge in [-0.05, 0) is 55.9 Å². The van der Waals surface area contributed by atoms with E-state index in [9.17, 15) is 9.46 Å². The van der Waals surface area contributed by atoms with Gasteiger partial charge in [0.25, 0.3) is 0 Å². The van der Waals surface area contributed by atoms with Crippen molar-refractivity contribution in [2.75, 3.05) is 0 Å². The summed E-state index contributed by atoms with van der Waals surface area (Å²) in [6.45, 7) is 9.79. The molecule has 0 saturated carbocycles. The Hall–Kier alpha value is -0.670. The Morgan fingerprint density at radius 1 is 1.15 bits per heavy atom. The lowest BCUT2D eigenvalue weighted by atomic mass is 10.00. The third kappa shape index (κ3) is 4.71. The SMILES string of the molecule is CCC(CC)OOP(=O)(O)Cc1c(C)ccc(C)c1C. The second-order valence-electron chi connectivity index (χ2n) is 5.21. The van der Waals surface area contributed by atoms with Gasteiger partial charge in [0.05, 0.1) is 12.3 Å². The second kappa shape index (κ2) is 7.37. The van der Waals surface area contributed by atoms with Crippen LogP contribution < -0.4 is 0 Å². The lowest BCUT2D eigenvalue weighted by Gasteiger charge is -2.18. The van der Waals surface area contributed by atoms with Gasteiger partial charge in [-0.3, -0.25) is 4.57 Å². The Balaban J connectivity index is 2.81. The first-order chi connectivity index (χ1) is 9.30. The van der Waals surface area contributed by atoms with Crippen LogP contribution in [0.15, 0.2) is 12.1 Å². The van der Waals surface area contributed by atoms with Gasteiger partial charge >= 0.3 is 7.60 Å². The average molecular weight is 300 g/mol. The monoisotopic (exact) mass is 300 g/mol. The molecule has 0 fully saturated rings. The molecule has 0 radical (unpaired) electrons. The van der Waals surface area contributed by atoms with Gasteiger partial charge in [-0.25, -0.2) is 4.89 Å². The Bertz CT molecular complexity index is 495. The van der Waals surface area contributed by atoms with Crippen LogP contribution in [0.1, 0.15) is 48.9 Å². The summed E-state index contributed by atoms with van der Waals surface area (Å²) < 4.78 is 17.0. The van der Waals surface area contributed by atoms with E-state index in [4.69, 9.17) is 9.56 Å². The third-order valence-corrected chi connectivity index (χ3v) is 4.70. The summed E-state index contributed by atoms with van der Waals surface area (Å²) in [4.78, 5) is 15.0. The molecule has 1 atom stereocenters. The zero-order valence-electron chi connectivity index (χ0n) is 13.0. The number of hydrogen-bond donors (Lipinski definition) is 1. The molecule has 114 valence electrons. The van der Waals surface area contributed by atoms with E-state index >= 15 is 0 Å². The van der Waals surface area contributed by atoms with E-state index < -0.39 is 7.60 Å². The summed E-state index contributed by atoms with van der Waals surface area (Å²) in [5, 5.41) is 0. The van der Waals surface area contributed by atoms with E-state index in [-0.39, 0.29) is 12.3 Å². The fraction of sp³-hybridized carbons (Fsp3) is 0.600. The van der Waals surface area contributed by atoms with Crippen molar-refractivity contribution in [2.45, 2.75) is 59.7 Å². The van der Waals surface area contributed by atoms with Crippen LogP contribution in [-0.4, -0.2) is 11.0 Å². The van der Waals surface area contributed by atoms with E-state index in [1.165, 1.54) is 0 Å². The molecule has 0 spiro atoms. The van der Waals surface area contributed by atoms with E-state index in [0.29, 0.717) is 0 Å². The van der Waals surface area contributed by atoms with Crippen molar-refractivity contribution >= 4 is 7.60 Å². The quantitative estimate of drug-likeness (QED) is 0.459. The second-order valence-corrected chi connectivity index (χ2v) is 6.95. The van der Waals surface area contributed by atoms with Crippen molar-refractivity contribution in [1.82, 2.24) is 0 Å². The van der Waals surface area contributed by atoms with Crippen LogP contribution in [0, 0.1) is 20.8 Å². The number of rotatable bonds is 7. The predicted molar refractivity (Wildman–Crippen MR) is 80.7 cm³/mol. The highest BCUT2D eigenvalue weighted by atomic mass is 31.2. The predicted octanol–water partition coefficient (Wildman–Crippen LogP) is 4.43. The van der Waals surface area contributed by atoms with E-state index in [0.717, 1.165) is 35.1 Å². The van der Waals surface area contributed by atoms with Crippen LogP contribution in [0.25, 0.3) is 0 Å². The maximum atomic E-state index is 12.1. The standard InChI is InChI=1S/C15H25O4P/c1-6-14(7-2)18-19-20(16,17)10-15-12(4)9-8-11(3)13(15)5/h8-9,14H,6-7,10H2,1-5H3,(H,16,17). The van der Waals surface area contributed by atoms with Gasteiger partial charge in [0.1, 0.15) is 0 Å². The normalized spacial score (nSPS) is 14.6. The van der Waals surface area contributed by atoms with Gasteiger partial charge in [-0.2, -0.15) is 0 Å². The van der Waals surface area contributed by atoms with Crippen LogP contribution in [0.2, 0.25) is 0 Å². The number of benzene rings is 1. The molecule has 5 heteroatoms. The molecule has 0 bridgehead atoms. The zero-order valence-corrected chi connectivity index (χ0v) is 13.9. The molecule has 0 saturated heterocycles. The first kappa shape index (κ1) is 17.4. The van der Waals surface area contributed by atoms with Gasteiger partial charge in [0.15, 0.2) is 0 Å². The fourth-order valence-electron chi connectivity index (χ4n) is 2.03. The van der Waals surface area contributed by atoms with Crippen molar-refractivity contribution in [3.8, 4) is 0 Å². The van der Waals surface area contributed by atoms with Gasteiger partial charge in [-0.15, -0.1) is 4.67 Å². The Labute approximate surface area is 121 Å². The van der Waals surface area contributed by atoms with Crippen molar-refractivity contribution in [3.63, 3.8) is 0 Å². The molecule has 1 aromatic rings. The minimum absolute atomic E-state index is 0.0213. The molecule has 4 nitrogen and oxygen atoms in total. The molecule has 1 unspecified atom stereocenters. The van der Waals surface area contributed by atoms with Gasteiger partial charge in [-0.1, -0.05) is 26.0 Å². The van der Waals surface area contributed by atoms with Gasteiger partial charge in [0, 0.05) is 0 Å². The summed E-state index contributed by atoms with van der Waals surface area (Å²) in [5.74, 6) is 0. The van der Waals surface area contributed by atoms with E-state index in [1.54, 1.807) is 0 Å². The molecule has 0 heterocycles. The summed E-state index contributed by atoms with van der Waals surface area (Å²) in [6.07, 6.45) is 1.33. The van der Waals surface area contributed by atoms with E-state index in [1.807, 2.05) is 46.8 Å². The molecular formula is C15H25O4P. The Morgan fingerprint density at radius 3 is 2.25 bits per heavy atom. The molecule has 1 N–H and O–H groups in total. The van der Waals surface area contributed by atoms with Gasteiger partial charge < -0.3 is 4.89 Å². The van der Waals surface area contributed by atoms with Crippen LogP contribution in [0.3, 0.4) is 0 Å². The van der Waals surface area contributed by atoms with Crippen LogP contribution in [0.4, 0.5) is 0 Å². The van der Waals surface area contributed by atoms with Crippen LogP contribution >= 0.6 is 7.60 Å². The molecule has 0 aromatic heterocycles. The third-order valence-electron chi connectivity index (χ3n) is 3.67. The number of aryl methyl sites for hydroxylation is 2. The highest BCUT2D eigenvalue weighted by molar-refractivity contribution is 7.51. The topological polar surface area (TPSA) is 55.8 Å². The lowest BCUT2D eigenvalue weighted by molar-refractivity contribution is -0.251. The van der Waals surface area contributed by atoms with Crippen molar-refractivity contribution in [2.24, 2.45) is 0 Å². The molecule has 0 aliphatic rings. The minimum Gasteiger partial charge on any atom is -0.323 e. The molecule has 0 aliphatic carbocycles. The minimum atomic E-state index is -3.79. The zero-order chi connectivity index (χ0) is 15.3. The first-order valence-corrected chi connectivity index (χ1v) is 8.79. The van der Waals surface area contributed by atoms with Crippen molar-refractivity contribution < 1.29 is 19.0 Å². The Morgan fingerprint density at radius 2 is 1.70 bits per heavy atom. The van der Waals surface area contributed by atoms with E-state index in [2.05, 4.69) is 0 Å². The molecule has 0 aliphatic heterocycles. The maximum absolute atomic E-state index is 12.1. The lowest BCUT2D eigenvalue weighted by Crippen LogP contribution is -2.10.